The van der Waals surface area contributed by atoms with Crippen LogP contribution in [0.2, 0.25) is 5.82 Å². The second kappa shape index (κ2) is 2.60. The van der Waals surface area contributed by atoms with Crippen LogP contribution in [0.25, 0.3) is 0 Å². The van der Waals surface area contributed by atoms with E-state index in [0.29, 0.717) is 5.82 Å². The summed E-state index contributed by atoms with van der Waals surface area (Å²) in [6.07, 6.45) is 0. The molecular weight excluding hydrogens is 119 g/mol. The first-order chi connectivity index (χ1) is 3.84. The van der Waals surface area contributed by atoms with Gasteiger partial charge >= 0.3 is 0 Å². The Bertz CT molecular complexity index is 113. The third-order valence-electron chi connectivity index (χ3n) is 1.31. The molecule has 0 bridgehead atoms. The average molecular weight is 127 g/mol. The summed E-state index contributed by atoms with van der Waals surface area (Å²) in [6, 6.07) is 0. The molecule has 0 spiro atoms. The van der Waals surface area contributed by atoms with Gasteiger partial charge in [-0.2, -0.15) is 0 Å². The molecule has 1 unspecified atom stereocenters. The highest BCUT2D eigenvalue weighted by molar-refractivity contribution is 8.02. The van der Waals surface area contributed by atoms with Crippen molar-refractivity contribution >= 4 is 19.2 Å². The first kappa shape index (κ1) is 6.24. The zero-order chi connectivity index (χ0) is 5.98. The van der Waals surface area contributed by atoms with Crippen LogP contribution in [0.3, 0.4) is 0 Å². The van der Waals surface area contributed by atoms with Crippen LogP contribution in [0.5, 0.6) is 0 Å². The van der Waals surface area contributed by atoms with E-state index in [1.54, 1.807) is 11.8 Å². The Morgan fingerprint density at radius 1 is 2.00 bits per heavy atom. The topological polar surface area (TPSA) is 20.2 Å². The fourth-order valence-electron chi connectivity index (χ4n) is 0.663. The third-order valence-corrected chi connectivity index (χ3v) is 2.40. The summed E-state index contributed by atoms with van der Waals surface area (Å²) in [5.74, 6) is 1.34. The Kier molecular flexibility index (Phi) is 2.03. The summed E-state index contributed by atoms with van der Waals surface area (Å²) in [6.45, 7) is 2.04. The van der Waals surface area contributed by atoms with E-state index in [4.69, 9.17) is 5.02 Å². The number of rotatable bonds is 1. The Labute approximate surface area is 54.4 Å². The predicted molar refractivity (Wildman–Crippen MR) is 37.9 cm³/mol. The predicted octanol–water partition coefficient (Wildman–Crippen LogP) is 1.04. The van der Waals surface area contributed by atoms with Crippen molar-refractivity contribution in [1.29, 1.82) is 0 Å². The maximum absolute atomic E-state index is 8.56. The van der Waals surface area contributed by atoms with Gasteiger partial charge in [-0.05, 0) is 23.9 Å². The van der Waals surface area contributed by atoms with E-state index >= 15 is 0 Å². The van der Waals surface area contributed by atoms with Gasteiger partial charge in [-0.1, -0.05) is 5.57 Å². The smallest absolute Gasteiger partial charge is 0.295 e. The molecule has 1 nitrogen and oxygen atoms in total. The zero-order valence-electron chi connectivity index (χ0n) is 4.79. The van der Waals surface area contributed by atoms with E-state index in [0.717, 1.165) is 5.75 Å². The summed E-state index contributed by atoms with van der Waals surface area (Å²) in [5.41, 5.74) is 1.28. The third kappa shape index (κ3) is 1.09. The quantitative estimate of drug-likeness (QED) is 0.531. The fraction of sp³-hybridized carbons (Fsp3) is 0.600. The van der Waals surface area contributed by atoms with Crippen molar-refractivity contribution in [2.75, 3.05) is 5.75 Å². The van der Waals surface area contributed by atoms with E-state index in [-0.39, 0.29) is 0 Å². The lowest BCUT2D eigenvalue weighted by molar-refractivity contribution is 0.592. The van der Waals surface area contributed by atoms with Crippen molar-refractivity contribution in [3.8, 4) is 0 Å². The highest BCUT2D eigenvalue weighted by Gasteiger charge is 2.15. The van der Waals surface area contributed by atoms with E-state index in [1.807, 2.05) is 6.92 Å². The van der Waals surface area contributed by atoms with Crippen LogP contribution < -0.4 is 0 Å². The molecule has 0 saturated carbocycles. The van der Waals surface area contributed by atoms with E-state index in [1.165, 1.54) is 13.1 Å². The second-order valence-corrected chi connectivity index (χ2v) is 2.85. The van der Waals surface area contributed by atoms with Gasteiger partial charge in [-0.25, -0.2) is 0 Å². The summed E-state index contributed by atoms with van der Waals surface area (Å²) in [4.78, 5) is 0. The summed E-state index contributed by atoms with van der Waals surface area (Å²) < 4.78 is 0. The summed E-state index contributed by atoms with van der Waals surface area (Å²) >= 11 is 1.76. The van der Waals surface area contributed by atoms with Gasteiger partial charge in [0.05, 0.1) is 0 Å². The van der Waals surface area contributed by atoms with Gasteiger partial charge in [-0.3, -0.25) is 0 Å². The lowest BCUT2D eigenvalue weighted by Crippen LogP contribution is -2.02. The summed E-state index contributed by atoms with van der Waals surface area (Å²) in [5, 5.41) is 10.7. The number of allylic oxidation sites excluding steroid dienone is 1. The van der Waals surface area contributed by atoms with Gasteiger partial charge in [0.25, 0.3) is 7.48 Å². The van der Waals surface area contributed by atoms with Crippen LogP contribution in [-0.2, 0) is 0 Å². The normalized spacial score (nSPS) is 27.8. The molecule has 1 heterocycles. The average Bonchev–Trinajstić information content (AvgIpc) is 2.14. The van der Waals surface area contributed by atoms with Crippen LogP contribution in [0.4, 0.5) is 0 Å². The molecule has 1 atom stereocenters. The highest BCUT2D eigenvalue weighted by Crippen LogP contribution is 2.30. The molecule has 1 rings (SSSR count). The minimum absolute atomic E-state index is 0.319. The largest absolute Gasteiger partial charge is 0.454 e. The fourth-order valence-corrected chi connectivity index (χ4v) is 1.75. The second-order valence-electron chi connectivity index (χ2n) is 1.95. The molecule has 1 radical (unpaired) electrons. The van der Waals surface area contributed by atoms with Crippen LogP contribution in [-0.4, -0.2) is 18.3 Å². The Morgan fingerprint density at radius 2 is 2.75 bits per heavy atom. The van der Waals surface area contributed by atoms with Crippen molar-refractivity contribution in [3.63, 3.8) is 0 Å². The van der Waals surface area contributed by atoms with Crippen molar-refractivity contribution in [1.82, 2.24) is 0 Å². The zero-order valence-corrected chi connectivity index (χ0v) is 5.61. The molecule has 0 aromatic carbocycles. The van der Waals surface area contributed by atoms with Gasteiger partial charge in [-0.15, -0.1) is 11.8 Å². The maximum Gasteiger partial charge on any atom is 0.295 e. The monoisotopic (exact) mass is 127 g/mol. The summed E-state index contributed by atoms with van der Waals surface area (Å²) in [7, 11) is 1.27. The Morgan fingerprint density at radius 3 is 3.00 bits per heavy atom. The molecule has 3 heteroatoms. The van der Waals surface area contributed by atoms with Gasteiger partial charge in [0.1, 0.15) is 0 Å². The molecular formula is C5H8BOS. The van der Waals surface area contributed by atoms with Gasteiger partial charge in [0.2, 0.25) is 0 Å². The lowest BCUT2D eigenvalue weighted by atomic mass is 9.78. The number of thioether (sulfide) groups is 1. The molecule has 0 aromatic heterocycles. The molecule has 0 amide bonds. The molecule has 8 heavy (non-hydrogen) atoms. The van der Waals surface area contributed by atoms with Crippen molar-refractivity contribution < 1.29 is 5.02 Å². The molecule has 0 saturated heterocycles. The van der Waals surface area contributed by atoms with Gasteiger partial charge in [0.15, 0.2) is 0 Å². The van der Waals surface area contributed by atoms with Crippen LogP contribution in [0.1, 0.15) is 6.92 Å². The Hall–Kier alpha value is 0.115. The van der Waals surface area contributed by atoms with Crippen molar-refractivity contribution in [2.45, 2.75) is 12.7 Å². The first-order valence-electron chi connectivity index (χ1n) is 2.60. The minimum Gasteiger partial charge on any atom is -0.454 e. The maximum atomic E-state index is 8.56. The van der Waals surface area contributed by atoms with Crippen molar-refractivity contribution in [3.05, 3.63) is 11.0 Å². The van der Waals surface area contributed by atoms with Crippen LogP contribution in [0, 0.1) is 0 Å². The molecule has 1 aliphatic heterocycles. The Balaban J connectivity index is 2.46. The molecule has 43 valence electrons. The number of hydrogen-bond donors (Lipinski definition) is 1. The molecule has 0 fully saturated rings. The SMILES string of the molecule is CC1=CSCC1[B]O. The van der Waals surface area contributed by atoms with Crippen molar-refractivity contribution in [2.24, 2.45) is 0 Å². The molecule has 0 aliphatic carbocycles. The molecule has 1 aliphatic rings. The standard InChI is InChI=1S/C5H8BOS/c1-4-2-8-3-5(4)6-7/h2,5,7H,3H2,1H3. The highest BCUT2D eigenvalue weighted by atomic mass is 32.2. The minimum atomic E-state index is 0.319. The van der Waals surface area contributed by atoms with E-state index in [2.05, 4.69) is 5.41 Å². The van der Waals surface area contributed by atoms with E-state index in [9.17, 15) is 0 Å². The van der Waals surface area contributed by atoms with E-state index < -0.39 is 0 Å². The molecule has 0 aromatic rings. The van der Waals surface area contributed by atoms with Gasteiger partial charge < -0.3 is 5.02 Å². The van der Waals surface area contributed by atoms with Crippen LogP contribution >= 0.6 is 11.8 Å². The lowest BCUT2D eigenvalue weighted by Gasteiger charge is -2.01. The van der Waals surface area contributed by atoms with Crippen LogP contribution in [0.15, 0.2) is 11.0 Å². The molecule has 1 N–H and O–H groups in total. The first-order valence-corrected chi connectivity index (χ1v) is 3.65. The number of hydrogen-bond acceptors (Lipinski definition) is 2. The van der Waals surface area contributed by atoms with Gasteiger partial charge in [0, 0.05) is 0 Å².